The molecule has 2 N–H and O–H groups in total. The highest BCUT2D eigenvalue weighted by molar-refractivity contribution is 5.94. The van der Waals surface area contributed by atoms with Gasteiger partial charge in [-0.2, -0.15) is 5.10 Å². The van der Waals surface area contributed by atoms with Gasteiger partial charge in [0.1, 0.15) is 0 Å². The Morgan fingerprint density at radius 2 is 2.10 bits per heavy atom. The van der Waals surface area contributed by atoms with Gasteiger partial charge < -0.3 is 10.6 Å². The predicted molar refractivity (Wildman–Crippen MR) is 81.3 cm³/mol. The molecule has 1 aliphatic rings. The molecular weight excluding hydrogens is 264 g/mol. The molecule has 2 atom stereocenters. The number of para-hydroxylation sites is 1. The van der Waals surface area contributed by atoms with E-state index in [0.29, 0.717) is 5.56 Å². The van der Waals surface area contributed by atoms with E-state index in [2.05, 4.69) is 12.0 Å². The summed E-state index contributed by atoms with van der Waals surface area (Å²) >= 11 is 0. The Bertz CT molecular complexity index is 622. The minimum Gasteiger partial charge on any atom is -0.336 e. The standard InChI is InChI=1S/C16H20N4O/c1-12-9-14(17)7-8-19(12)16(21)13-10-18-20(11-13)15-5-3-2-4-6-15/h2-6,10-12,14H,7-9,17H2,1H3. The van der Waals surface area contributed by atoms with E-state index in [1.165, 1.54) is 0 Å². The molecule has 2 unspecified atom stereocenters. The van der Waals surface area contributed by atoms with E-state index in [9.17, 15) is 4.79 Å². The van der Waals surface area contributed by atoms with Crippen LogP contribution in [0.2, 0.25) is 0 Å². The number of amides is 1. The summed E-state index contributed by atoms with van der Waals surface area (Å²) in [5.41, 5.74) is 7.53. The summed E-state index contributed by atoms with van der Waals surface area (Å²) in [5, 5.41) is 4.29. The number of aromatic nitrogens is 2. The van der Waals surface area contributed by atoms with Crippen molar-refractivity contribution in [2.24, 2.45) is 5.73 Å². The summed E-state index contributed by atoms with van der Waals surface area (Å²) in [5.74, 6) is 0.0385. The smallest absolute Gasteiger partial charge is 0.257 e. The van der Waals surface area contributed by atoms with E-state index < -0.39 is 0 Å². The van der Waals surface area contributed by atoms with Gasteiger partial charge in [-0.25, -0.2) is 4.68 Å². The molecule has 0 bridgehead atoms. The van der Waals surface area contributed by atoms with Crippen molar-refractivity contribution in [2.45, 2.75) is 31.8 Å². The second-order valence-corrected chi connectivity index (χ2v) is 5.64. The predicted octanol–water partition coefficient (Wildman–Crippen LogP) is 1.82. The molecule has 2 heterocycles. The third-order valence-corrected chi connectivity index (χ3v) is 4.03. The zero-order valence-corrected chi connectivity index (χ0v) is 12.1. The Morgan fingerprint density at radius 1 is 1.33 bits per heavy atom. The Balaban J connectivity index is 1.78. The number of carbonyl (C=O) groups is 1. The van der Waals surface area contributed by atoms with E-state index in [1.807, 2.05) is 35.2 Å². The van der Waals surface area contributed by atoms with Crippen LogP contribution in [0.5, 0.6) is 0 Å². The lowest BCUT2D eigenvalue weighted by molar-refractivity contribution is 0.0619. The topological polar surface area (TPSA) is 64.2 Å². The van der Waals surface area contributed by atoms with Crippen molar-refractivity contribution in [3.05, 3.63) is 48.3 Å². The van der Waals surface area contributed by atoms with Gasteiger partial charge in [-0.1, -0.05) is 18.2 Å². The van der Waals surface area contributed by atoms with Gasteiger partial charge in [-0.3, -0.25) is 4.79 Å². The van der Waals surface area contributed by atoms with Gasteiger partial charge in [0.05, 0.1) is 17.4 Å². The molecule has 1 aromatic carbocycles. The third kappa shape index (κ3) is 2.83. The summed E-state index contributed by atoms with van der Waals surface area (Å²) in [6.45, 7) is 2.77. The molecular formula is C16H20N4O. The lowest BCUT2D eigenvalue weighted by atomic mass is 9.98. The molecule has 0 saturated carbocycles. The monoisotopic (exact) mass is 284 g/mol. The van der Waals surface area contributed by atoms with Crippen LogP contribution in [0.15, 0.2) is 42.7 Å². The zero-order chi connectivity index (χ0) is 14.8. The highest BCUT2D eigenvalue weighted by Gasteiger charge is 2.28. The molecule has 1 aromatic heterocycles. The zero-order valence-electron chi connectivity index (χ0n) is 12.1. The van der Waals surface area contributed by atoms with E-state index >= 15 is 0 Å². The lowest BCUT2D eigenvalue weighted by Crippen LogP contribution is -2.48. The Kier molecular flexibility index (Phi) is 3.75. The van der Waals surface area contributed by atoms with E-state index in [1.54, 1.807) is 17.1 Å². The maximum atomic E-state index is 12.6. The summed E-state index contributed by atoms with van der Waals surface area (Å²) in [4.78, 5) is 14.5. The van der Waals surface area contributed by atoms with Gasteiger partial charge in [0.15, 0.2) is 0 Å². The molecule has 1 fully saturated rings. The van der Waals surface area contributed by atoms with Gasteiger partial charge in [0, 0.05) is 24.8 Å². The Labute approximate surface area is 124 Å². The normalized spacial score (nSPS) is 22.3. The number of likely N-dealkylation sites (tertiary alicyclic amines) is 1. The van der Waals surface area contributed by atoms with Crippen LogP contribution in [0.25, 0.3) is 5.69 Å². The first kappa shape index (κ1) is 13.8. The highest BCUT2D eigenvalue weighted by Crippen LogP contribution is 2.19. The number of nitrogens with two attached hydrogens (primary N) is 1. The van der Waals surface area contributed by atoms with Crippen LogP contribution >= 0.6 is 0 Å². The first-order chi connectivity index (χ1) is 10.1. The number of piperidine rings is 1. The fourth-order valence-electron chi connectivity index (χ4n) is 2.83. The lowest BCUT2D eigenvalue weighted by Gasteiger charge is -2.36. The Morgan fingerprint density at radius 3 is 2.81 bits per heavy atom. The maximum Gasteiger partial charge on any atom is 0.257 e. The molecule has 21 heavy (non-hydrogen) atoms. The van der Waals surface area contributed by atoms with Crippen molar-refractivity contribution in [1.82, 2.24) is 14.7 Å². The quantitative estimate of drug-likeness (QED) is 0.915. The van der Waals surface area contributed by atoms with Crippen molar-refractivity contribution in [3.8, 4) is 5.69 Å². The van der Waals surface area contributed by atoms with Gasteiger partial charge in [-0.05, 0) is 31.9 Å². The molecule has 1 saturated heterocycles. The minimum absolute atomic E-state index is 0.0385. The van der Waals surface area contributed by atoms with E-state index in [4.69, 9.17) is 5.73 Å². The van der Waals surface area contributed by atoms with Crippen LogP contribution in [-0.2, 0) is 0 Å². The number of nitrogens with zero attached hydrogens (tertiary/aromatic N) is 3. The van der Waals surface area contributed by atoms with E-state index in [-0.39, 0.29) is 18.0 Å². The molecule has 0 radical (unpaired) electrons. The largest absolute Gasteiger partial charge is 0.336 e. The van der Waals surface area contributed by atoms with Gasteiger partial charge in [0.2, 0.25) is 0 Å². The Hall–Kier alpha value is -2.14. The van der Waals surface area contributed by atoms with Crippen molar-refractivity contribution in [1.29, 1.82) is 0 Å². The number of benzene rings is 1. The first-order valence-corrected chi connectivity index (χ1v) is 7.32. The maximum absolute atomic E-state index is 12.6. The summed E-state index contributed by atoms with van der Waals surface area (Å²) in [6, 6.07) is 10.2. The molecule has 0 spiro atoms. The SMILES string of the molecule is CC1CC(N)CCN1C(=O)c1cnn(-c2ccccc2)c1. The van der Waals surface area contributed by atoms with Crippen LogP contribution < -0.4 is 5.73 Å². The van der Waals surface area contributed by atoms with Crippen LogP contribution in [-0.4, -0.2) is 39.2 Å². The molecule has 5 heteroatoms. The van der Waals surface area contributed by atoms with Crippen LogP contribution in [0.1, 0.15) is 30.1 Å². The van der Waals surface area contributed by atoms with Crippen molar-refractivity contribution in [2.75, 3.05) is 6.54 Å². The molecule has 5 nitrogen and oxygen atoms in total. The first-order valence-electron chi connectivity index (χ1n) is 7.32. The molecule has 0 aliphatic carbocycles. The average Bonchev–Trinajstić information content (AvgIpc) is 2.97. The second-order valence-electron chi connectivity index (χ2n) is 5.64. The highest BCUT2D eigenvalue weighted by atomic mass is 16.2. The van der Waals surface area contributed by atoms with Crippen molar-refractivity contribution < 1.29 is 4.79 Å². The number of hydrogen-bond donors (Lipinski definition) is 1. The summed E-state index contributed by atoms with van der Waals surface area (Å²) in [6.07, 6.45) is 5.15. The van der Waals surface area contributed by atoms with Crippen molar-refractivity contribution in [3.63, 3.8) is 0 Å². The summed E-state index contributed by atoms with van der Waals surface area (Å²) < 4.78 is 1.73. The molecule has 2 aromatic rings. The summed E-state index contributed by atoms with van der Waals surface area (Å²) in [7, 11) is 0. The molecule has 1 amide bonds. The van der Waals surface area contributed by atoms with Gasteiger partial charge in [0.25, 0.3) is 5.91 Å². The van der Waals surface area contributed by atoms with Crippen LogP contribution in [0, 0.1) is 0 Å². The number of hydrogen-bond acceptors (Lipinski definition) is 3. The average molecular weight is 284 g/mol. The van der Waals surface area contributed by atoms with Gasteiger partial charge in [-0.15, -0.1) is 0 Å². The van der Waals surface area contributed by atoms with Gasteiger partial charge >= 0.3 is 0 Å². The van der Waals surface area contributed by atoms with Crippen LogP contribution in [0.4, 0.5) is 0 Å². The number of carbonyl (C=O) groups excluding carboxylic acids is 1. The second kappa shape index (κ2) is 5.69. The fraction of sp³-hybridized carbons (Fsp3) is 0.375. The fourth-order valence-corrected chi connectivity index (χ4v) is 2.83. The molecule has 1 aliphatic heterocycles. The van der Waals surface area contributed by atoms with E-state index in [0.717, 1.165) is 25.1 Å². The number of rotatable bonds is 2. The minimum atomic E-state index is 0.0385. The third-order valence-electron chi connectivity index (χ3n) is 4.03. The van der Waals surface area contributed by atoms with Crippen molar-refractivity contribution >= 4 is 5.91 Å². The molecule has 110 valence electrons. The van der Waals surface area contributed by atoms with Crippen LogP contribution in [0.3, 0.4) is 0 Å². The molecule has 3 rings (SSSR count).